The number of carbonyl (C=O) groups excluding carboxylic acids is 2. The van der Waals surface area contributed by atoms with Crippen LogP contribution < -0.4 is 16.2 Å². The highest BCUT2D eigenvalue weighted by atomic mass is 32.2. The van der Waals surface area contributed by atoms with Gasteiger partial charge in [0.1, 0.15) is 6.04 Å². The number of hydrogen-bond donors (Lipinski definition) is 4. The fourth-order valence-corrected chi connectivity index (χ4v) is 6.67. The number of amides is 1. The van der Waals surface area contributed by atoms with Crippen molar-refractivity contribution in [3.8, 4) is 0 Å². The summed E-state index contributed by atoms with van der Waals surface area (Å²) < 4.78 is 25.2. The van der Waals surface area contributed by atoms with Crippen LogP contribution in [-0.2, 0) is 37.2 Å². The number of fused-ring (bicyclic) bond motifs is 10. The van der Waals surface area contributed by atoms with Crippen LogP contribution in [0.5, 0.6) is 0 Å². The Morgan fingerprint density at radius 3 is 2.44 bits per heavy atom. The number of nitrogens with one attached hydrogen (secondary N) is 3. The van der Waals surface area contributed by atoms with E-state index in [1.165, 1.54) is 29.4 Å². The van der Waals surface area contributed by atoms with Crippen molar-refractivity contribution in [1.29, 1.82) is 0 Å². The molecule has 4 bridgehead atoms. The molecule has 0 saturated carbocycles. The molecule has 0 saturated heterocycles. The standard InChI is InChI=1S/C32H33N5O7S/c1-18-10-21-11-19(2)25(18)14-37(16-30(40)41)15-29(39)35-22-6-9-28(45(3,43)44)20(12-22)4-8-27(38)31(21)36-23-5-7-26-24(13-23)32(42)34-17-33-26/h5-7,9-13,17,31,36H,4,8,14-16H2,1-3H3,(H,35,39)(H,40,41)(H,33,34,42). The smallest absolute Gasteiger partial charge is 0.317 e. The predicted molar refractivity (Wildman–Crippen MR) is 169 cm³/mol. The van der Waals surface area contributed by atoms with Crippen LogP contribution in [-0.4, -0.2) is 65.4 Å². The summed E-state index contributed by atoms with van der Waals surface area (Å²) in [6.07, 6.45) is 2.44. The summed E-state index contributed by atoms with van der Waals surface area (Å²) in [6, 6.07) is 12.3. The lowest BCUT2D eigenvalue weighted by molar-refractivity contribution is -0.138. The van der Waals surface area contributed by atoms with Gasteiger partial charge in [0.25, 0.3) is 5.56 Å². The predicted octanol–water partition coefficient (Wildman–Crippen LogP) is 3.14. The highest BCUT2D eigenvalue weighted by Gasteiger charge is 2.25. The summed E-state index contributed by atoms with van der Waals surface area (Å²) in [5, 5.41) is 15.9. The topological polar surface area (TPSA) is 179 Å². The molecule has 3 heterocycles. The van der Waals surface area contributed by atoms with Gasteiger partial charge in [-0.2, -0.15) is 0 Å². The van der Waals surface area contributed by atoms with Crippen molar-refractivity contribution < 1.29 is 27.9 Å². The molecule has 0 fully saturated rings. The highest BCUT2D eigenvalue weighted by Crippen LogP contribution is 2.30. The van der Waals surface area contributed by atoms with Crippen LogP contribution in [0.3, 0.4) is 0 Å². The zero-order valence-electron chi connectivity index (χ0n) is 25.0. The molecule has 3 aromatic carbocycles. The minimum atomic E-state index is -3.66. The van der Waals surface area contributed by atoms with E-state index >= 15 is 0 Å². The van der Waals surface area contributed by atoms with Crippen molar-refractivity contribution in [2.45, 2.75) is 44.2 Å². The second-order valence-corrected chi connectivity index (χ2v) is 13.3. The average Bonchev–Trinajstić information content (AvgIpc) is 2.95. The maximum absolute atomic E-state index is 14.0. The number of anilines is 2. The summed E-state index contributed by atoms with van der Waals surface area (Å²) in [5.41, 5.74) is 4.46. The Balaban J connectivity index is 1.62. The third-order valence-electron chi connectivity index (χ3n) is 7.82. The van der Waals surface area contributed by atoms with Crippen LogP contribution >= 0.6 is 0 Å². The van der Waals surface area contributed by atoms with Gasteiger partial charge in [0.2, 0.25) is 5.91 Å². The number of aliphatic carboxylic acids is 1. The van der Waals surface area contributed by atoms with E-state index in [1.807, 2.05) is 26.0 Å². The van der Waals surface area contributed by atoms with Crippen molar-refractivity contribution in [2.75, 3.05) is 30.0 Å². The molecular weight excluding hydrogens is 598 g/mol. The van der Waals surface area contributed by atoms with Crippen LogP contribution in [0.2, 0.25) is 0 Å². The SMILES string of the molecule is Cc1cc2cc(C)c1CN(CC(=O)O)CC(=O)Nc1ccc(S(C)(=O)=O)c(c1)CCC(=O)C2Nc1ccc2nc[nH]c(=O)c2c1. The molecule has 1 unspecified atom stereocenters. The fraction of sp³-hybridized carbons (Fsp3) is 0.281. The quantitative estimate of drug-likeness (QED) is 0.256. The summed E-state index contributed by atoms with van der Waals surface area (Å²) in [4.78, 5) is 59.4. The number of aryl methyl sites for hydroxylation is 3. The number of nitrogens with zero attached hydrogens (tertiary/aromatic N) is 2. The van der Waals surface area contributed by atoms with Crippen molar-refractivity contribution in [1.82, 2.24) is 14.9 Å². The Hall–Kier alpha value is -4.88. The van der Waals surface area contributed by atoms with Crippen molar-refractivity contribution in [3.63, 3.8) is 0 Å². The lowest BCUT2D eigenvalue weighted by Crippen LogP contribution is -2.37. The van der Waals surface area contributed by atoms with Gasteiger partial charge >= 0.3 is 5.97 Å². The Morgan fingerprint density at radius 2 is 1.76 bits per heavy atom. The number of carboxylic acid groups (broad SMARTS) is 1. The van der Waals surface area contributed by atoms with Crippen LogP contribution in [0, 0.1) is 13.8 Å². The molecule has 45 heavy (non-hydrogen) atoms. The van der Waals surface area contributed by atoms with Crippen molar-refractivity contribution in [2.24, 2.45) is 0 Å². The van der Waals surface area contributed by atoms with Crippen LogP contribution in [0.25, 0.3) is 10.9 Å². The maximum atomic E-state index is 14.0. The number of hydrogen-bond acceptors (Lipinski definition) is 9. The first kappa shape index (κ1) is 31.5. The van der Waals surface area contributed by atoms with Gasteiger partial charge in [0.05, 0.1) is 35.2 Å². The van der Waals surface area contributed by atoms with Gasteiger partial charge in [0.15, 0.2) is 15.6 Å². The summed E-state index contributed by atoms with van der Waals surface area (Å²) in [7, 11) is -3.66. The average molecular weight is 632 g/mol. The second kappa shape index (κ2) is 12.6. The molecule has 12 nitrogen and oxygen atoms in total. The normalized spacial score (nSPS) is 16.5. The molecule has 0 radical (unpaired) electrons. The van der Waals surface area contributed by atoms with E-state index < -0.39 is 27.8 Å². The van der Waals surface area contributed by atoms with Gasteiger partial charge in [0, 0.05) is 30.6 Å². The minimum absolute atomic E-state index is 0.0282. The van der Waals surface area contributed by atoms with Gasteiger partial charge in [-0.05, 0) is 84.5 Å². The van der Waals surface area contributed by atoms with Gasteiger partial charge in [-0.1, -0.05) is 12.1 Å². The van der Waals surface area contributed by atoms with Gasteiger partial charge < -0.3 is 20.7 Å². The first-order valence-electron chi connectivity index (χ1n) is 14.2. The van der Waals surface area contributed by atoms with Crippen LogP contribution in [0.4, 0.5) is 11.4 Å². The Bertz CT molecular complexity index is 1980. The number of sulfone groups is 1. The molecule has 0 spiro atoms. The number of carbonyl (C=O) groups is 3. The molecule has 234 valence electrons. The molecule has 13 heteroatoms. The monoisotopic (exact) mass is 631 g/mol. The Labute approximate surface area is 259 Å². The van der Waals surface area contributed by atoms with E-state index in [0.29, 0.717) is 33.4 Å². The van der Waals surface area contributed by atoms with Gasteiger partial charge in [-0.15, -0.1) is 0 Å². The molecule has 4 N–H and O–H groups in total. The van der Waals surface area contributed by atoms with Gasteiger partial charge in [-0.25, -0.2) is 13.4 Å². The zero-order valence-corrected chi connectivity index (χ0v) is 25.8. The molecule has 6 rings (SSSR count). The van der Waals surface area contributed by atoms with Crippen LogP contribution in [0.15, 0.2) is 64.5 Å². The number of carboxylic acids is 1. The molecule has 4 aromatic rings. The number of Topliss-reactive ketones (excluding diaryl/α,β-unsaturated/α-hetero) is 1. The number of ketones is 1. The molecule has 1 atom stereocenters. The van der Waals surface area contributed by atoms with E-state index in [0.717, 1.165) is 22.9 Å². The highest BCUT2D eigenvalue weighted by molar-refractivity contribution is 7.90. The minimum Gasteiger partial charge on any atom is -0.480 e. The summed E-state index contributed by atoms with van der Waals surface area (Å²) >= 11 is 0. The van der Waals surface area contributed by atoms with Crippen molar-refractivity contribution >= 4 is 49.8 Å². The first-order valence-corrected chi connectivity index (χ1v) is 16.1. The zero-order chi connectivity index (χ0) is 32.5. The summed E-state index contributed by atoms with van der Waals surface area (Å²) in [6.45, 7) is 3.29. The molecule has 2 aliphatic heterocycles. The van der Waals surface area contributed by atoms with Gasteiger partial charge in [-0.3, -0.25) is 24.1 Å². The molecule has 0 aliphatic carbocycles. The van der Waals surface area contributed by atoms with E-state index in [9.17, 15) is 32.7 Å². The number of aromatic nitrogens is 2. The molecule has 1 amide bonds. The number of H-pyrrole nitrogens is 1. The first-order chi connectivity index (χ1) is 21.3. The third-order valence-corrected chi connectivity index (χ3v) is 9.01. The molecule has 1 aromatic heterocycles. The number of aromatic amines is 1. The number of benzene rings is 3. The Morgan fingerprint density at radius 1 is 1.02 bits per heavy atom. The number of rotatable bonds is 5. The third kappa shape index (κ3) is 7.27. The van der Waals surface area contributed by atoms with E-state index in [2.05, 4.69) is 20.6 Å². The lowest BCUT2D eigenvalue weighted by atomic mass is 9.91. The second-order valence-electron chi connectivity index (χ2n) is 11.3. The fourth-order valence-electron chi connectivity index (χ4n) is 5.72. The van der Waals surface area contributed by atoms with E-state index in [1.54, 1.807) is 18.2 Å². The molecule has 2 aliphatic rings. The van der Waals surface area contributed by atoms with Crippen molar-refractivity contribution in [3.05, 3.63) is 93.0 Å². The Kier molecular flexibility index (Phi) is 8.84. The molecular formula is C32H33N5O7S. The lowest BCUT2D eigenvalue weighted by Gasteiger charge is -2.25. The maximum Gasteiger partial charge on any atom is 0.317 e. The largest absolute Gasteiger partial charge is 0.480 e. The van der Waals surface area contributed by atoms with E-state index in [4.69, 9.17) is 0 Å². The summed E-state index contributed by atoms with van der Waals surface area (Å²) in [5.74, 6) is -1.78. The van der Waals surface area contributed by atoms with E-state index in [-0.39, 0.29) is 48.7 Å². The van der Waals surface area contributed by atoms with Crippen LogP contribution in [0.1, 0.15) is 40.3 Å².